The van der Waals surface area contributed by atoms with Crippen molar-refractivity contribution in [2.75, 3.05) is 18.1 Å². The Morgan fingerprint density at radius 3 is 2.24 bits per heavy atom. The van der Waals surface area contributed by atoms with Gasteiger partial charge in [0.1, 0.15) is 17.8 Å². The molecule has 38 heavy (non-hydrogen) atoms. The predicted octanol–water partition coefficient (Wildman–Crippen LogP) is 4.62. The summed E-state index contributed by atoms with van der Waals surface area (Å²) in [6, 6.07) is 17.0. The largest absolute Gasteiger partial charge is 0.490 e. The van der Waals surface area contributed by atoms with Crippen molar-refractivity contribution in [3.63, 3.8) is 0 Å². The smallest absolute Gasteiger partial charge is 0.297 e. The zero-order valence-electron chi connectivity index (χ0n) is 21.8. The highest BCUT2D eigenvalue weighted by Crippen LogP contribution is 2.41. The molecule has 3 aromatic rings. The number of ether oxygens (including phenoxy) is 2. The fourth-order valence-electron chi connectivity index (χ4n) is 4.98. The molecule has 5 rings (SSSR count). The molecule has 0 N–H and O–H groups in total. The van der Waals surface area contributed by atoms with E-state index in [1.165, 1.54) is 4.90 Å². The van der Waals surface area contributed by atoms with Crippen LogP contribution in [0.5, 0.6) is 5.75 Å². The van der Waals surface area contributed by atoms with Crippen LogP contribution in [0.2, 0.25) is 0 Å². The number of amides is 1. The number of rotatable bonds is 7. The van der Waals surface area contributed by atoms with Crippen molar-refractivity contribution < 1.29 is 23.9 Å². The van der Waals surface area contributed by atoms with Crippen molar-refractivity contribution in [1.82, 2.24) is 10.2 Å². The molecule has 0 saturated carbocycles. The standard InChI is InChI=1S/C30H31N3O5/c1-18(2)20-5-7-22(8-6-20)28(34)26-27(33(30(36)29(26)35)25-13-4-19(3)31-32-25)21-9-11-23(12-10-21)38-24-14-16-37-17-15-24/h4-13,18,24,26-27H,14-17H2,1-3H3. The van der Waals surface area contributed by atoms with Gasteiger partial charge in [-0.3, -0.25) is 19.3 Å². The Hall–Kier alpha value is -3.91. The van der Waals surface area contributed by atoms with Crippen LogP contribution in [-0.4, -0.2) is 47.0 Å². The second-order valence-corrected chi connectivity index (χ2v) is 10.1. The van der Waals surface area contributed by atoms with E-state index in [2.05, 4.69) is 24.0 Å². The average Bonchev–Trinajstić information content (AvgIpc) is 3.20. The molecule has 0 spiro atoms. The number of carbonyl (C=O) groups excluding carboxylic acids is 3. The molecule has 2 aliphatic rings. The summed E-state index contributed by atoms with van der Waals surface area (Å²) in [7, 11) is 0. The minimum absolute atomic E-state index is 0.0757. The molecule has 0 bridgehead atoms. The van der Waals surface area contributed by atoms with Crippen LogP contribution in [0.15, 0.2) is 60.7 Å². The molecule has 0 radical (unpaired) electrons. The van der Waals surface area contributed by atoms with Crippen LogP contribution in [0.25, 0.3) is 0 Å². The van der Waals surface area contributed by atoms with Gasteiger partial charge in [0.25, 0.3) is 5.91 Å². The molecule has 1 amide bonds. The second-order valence-electron chi connectivity index (χ2n) is 10.1. The molecule has 1 aromatic heterocycles. The zero-order chi connectivity index (χ0) is 26.8. The summed E-state index contributed by atoms with van der Waals surface area (Å²) in [4.78, 5) is 41.7. The number of aromatic nitrogens is 2. The Labute approximate surface area is 222 Å². The Morgan fingerprint density at radius 1 is 0.947 bits per heavy atom. The Balaban J connectivity index is 1.51. The number of aryl methyl sites for hydroxylation is 1. The first kappa shape index (κ1) is 25.7. The van der Waals surface area contributed by atoms with E-state index in [1.54, 1.807) is 31.2 Å². The monoisotopic (exact) mass is 513 g/mol. The van der Waals surface area contributed by atoms with Crippen molar-refractivity contribution in [3.05, 3.63) is 83.0 Å². The van der Waals surface area contributed by atoms with E-state index in [-0.39, 0.29) is 11.9 Å². The van der Waals surface area contributed by atoms with Crippen molar-refractivity contribution >= 4 is 23.3 Å². The molecule has 8 nitrogen and oxygen atoms in total. The molecule has 8 heteroatoms. The van der Waals surface area contributed by atoms with Gasteiger partial charge in [0, 0.05) is 18.4 Å². The van der Waals surface area contributed by atoms with Gasteiger partial charge in [0.15, 0.2) is 11.6 Å². The second kappa shape index (κ2) is 10.8. The maximum atomic E-state index is 13.8. The quantitative estimate of drug-likeness (QED) is 0.258. The van der Waals surface area contributed by atoms with Crippen LogP contribution < -0.4 is 9.64 Å². The van der Waals surface area contributed by atoms with E-state index < -0.39 is 29.4 Å². The van der Waals surface area contributed by atoms with Crippen LogP contribution >= 0.6 is 0 Å². The number of hydrogen-bond donors (Lipinski definition) is 0. The third-order valence-corrected chi connectivity index (χ3v) is 7.17. The van der Waals surface area contributed by atoms with Gasteiger partial charge < -0.3 is 9.47 Å². The van der Waals surface area contributed by atoms with Crippen molar-refractivity contribution in [3.8, 4) is 5.75 Å². The van der Waals surface area contributed by atoms with Gasteiger partial charge in [0.05, 0.1) is 24.9 Å². The van der Waals surface area contributed by atoms with Gasteiger partial charge in [-0.25, -0.2) is 0 Å². The Kier molecular flexibility index (Phi) is 7.33. The van der Waals surface area contributed by atoms with Crippen LogP contribution in [0.3, 0.4) is 0 Å². The lowest BCUT2D eigenvalue weighted by Crippen LogP contribution is -2.31. The van der Waals surface area contributed by atoms with Crippen LogP contribution in [-0.2, 0) is 14.3 Å². The Morgan fingerprint density at radius 2 is 1.63 bits per heavy atom. The Bertz CT molecular complexity index is 1310. The summed E-state index contributed by atoms with van der Waals surface area (Å²) in [5, 5.41) is 8.24. The maximum Gasteiger partial charge on any atom is 0.297 e. The van der Waals surface area contributed by atoms with E-state index in [4.69, 9.17) is 9.47 Å². The topological polar surface area (TPSA) is 98.7 Å². The molecule has 2 saturated heterocycles. The lowest BCUT2D eigenvalue weighted by Gasteiger charge is -2.27. The fourth-order valence-corrected chi connectivity index (χ4v) is 4.98. The van der Waals surface area contributed by atoms with Gasteiger partial charge in [-0.2, -0.15) is 5.10 Å². The van der Waals surface area contributed by atoms with E-state index in [0.717, 1.165) is 18.4 Å². The lowest BCUT2D eigenvalue weighted by molar-refractivity contribution is -0.135. The van der Waals surface area contributed by atoms with Crippen molar-refractivity contribution in [2.24, 2.45) is 5.92 Å². The predicted molar refractivity (Wildman–Crippen MR) is 141 cm³/mol. The number of anilines is 1. The minimum atomic E-state index is -1.21. The highest BCUT2D eigenvalue weighted by Gasteiger charge is 2.53. The number of Topliss-reactive ketones (excluding diaryl/α,β-unsaturated/α-hetero) is 2. The SMILES string of the molecule is Cc1ccc(N2C(=O)C(=O)C(C(=O)c3ccc(C(C)C)cc3)C2c2ccc(OC3CCOCC3)cc2)nn1. The summed E-state index contributed by atoms with van der Waals surface area (Å²) in [6.07, 6.45) is 1.71. The summed E-state index contributed by atoms with van der Waals surface area (Å²) >= 11 is 0. The van der Waals surface area contributed by atoms with Gasteiger partial charge in [-0.05, 0) is 48.2 Å². The van der Waals surface area contributed by atoms with E-state index >= 15 is 0 Å². The molecule has 196 valence electrons. The van der Waals surface area contributed by atoms with Crippen molar-refractivity contribution in [1.29, 1.82) is 0 Å². The molecule has 2 fully saturated rings. The number of benzene rings is 2. The van der Waals surface area contributed by atoms with Crippen LogP contribution in [0.4, 0.5) is 5.82 Å². The molecule has 2 unspecified atom stereocenters. The van der Waals surface area contributed by atoms with E-state index in [0.29, 0.717) is 41.7 Å². The summed E-state index contributed by atoms with van der Waals surface area (Å²) < 4.78 is 11.5. The maximum absolute atomic E-state index is 13.8. The molecule has 2 aliphatic heterocycles. The molecular weight excluding hydrogens is 482 g/mol. The highest BCUT2D eigenvalue weighted by atomic mass is 16.5. The first-order valence-electron chi connectivity index (χ1n) is 13.0. The highest BCUT2D eigenvalue weighted by molar-refractivity contribution is 6.48. The van der Waals surface area contributed by atoms with Gasteiger partial charge in [-0.15, -0.1) is 5.10 Å². The van der Waals surface area contributed by atoms with E-state index in [1.807, 2.05) is 36.4 Å². The summed E-state index contributed by atoms with van der Waals surface area (Å²) in [6.45, 7) is 7.27. The zero-order valence-corrected chi connectivity index (χ0v) is 21.8. The van der Waals surface area contributed by atoms with Gasteiger partial charge >= 0.3 is 0 Å². The molecule has 3 heterocycles. The van der Waals surface area contributed by atoms with Crippen LogP contribution in [0, 0.1) is 12.8 Å². The van der Waals surface area contributed by atoms with E-state index in [9.17, 15) is 14.4 Å². The van der Waals surface area contributed by atoms with Crippen LogP contribution in [0.1, 0.15) is 65.8 Å². The summed E-state index contributed by atoms with van der Waals surface area (Å²) in [5.41, 5.74) is 2.80. The minimum Gasteiger partial charge on any atom is -0.490 e. The summed E-state index contributed by atoms with van der Waals surface area (Å²) in [5.74, 6) is -1.91. The fraction of sp³-hybridized carbons (Fsp3) is 0.367. The van der Waals surface area contributed by atoms with Crippen molar-refractivity contribution in [2.45, 2.75) is 51.7 Å². The average molecular weight is 514 g/mol. The lowest BCUT2D eigenvalue weighted by atomic mass is 9.85. The molecule has 0 aliphatic carbocycles. The first-order chi connectivity index (χ1) is 18.3. The number of ketones is 2. The third-order valence-electron chi connectivity index (χ3n) is 7.17. The first-order valence-corrected chi connectivity index (χ1v) is 13.0. The molecule has 2 aromatic carbocycles. The third kappa shape index (κ3) is 5.09. The number of hydrogen-bond acceptors (Lipinski definition) is 7. The van der Waals surface area contributed by atoms with Gasteiger partial charge in [-0.1, -0.05) is 50.2 Å². The molecular formula is C30H31N3O5. The number of carbonyl (C=O) groups is 3. The normalized spacial score (nSPS) is 20.3. The van der Waals surface area contributed by atoms with Gasteiger partial charge in [0.2, 0.25) is 5.78 Å². The number of nitrogens with zero attached hydrogens (tertiary/aromatic N) is 3. The molecule has 2 atom stereocenters.